The van der Waals surface area contributed by atoms with E-state index in [1.54, 1.807) is 24.6 Å². The van der Waals surface area contributed by atoms with Crippen molar-refractivity contribution in [3.05, 3.63) is 17.5 Å². The standard InChI is InChI=1S/C14H22N2O4S2/c1-20-9-4-7-15-14(17)12-5-2-8-16(11-12)22(18,19)13-6-3-10-21-13/h3,6,10,12H,2,4-5,7-9,11H2,1H3,(H,15,17)/t12-/m0/s1. The van der Waals surface area contributed by atoms with Crippen LogP contribution in [0.15, 0.2) is 21.7 Å². The van der Waals surface area contributed by atoms with Gasteiger partial charge in [-0.2, -0.15) is 4.31 Å². The van der Waals surface area contributed by atoms with Crippen LogP contribution in [0.5, 0.6) is 0 Å². The Hall–Kier alpha value is -0.960. The summed E-state index contributed by atoms with van der Waals surface area (Å²) in [6.45, 7) is 1.90. The Morgan fingerprint density at radius 2 is 2.36 bits per heavy atom. The number of sulfonamides is 1. The Balaban J connectivity index is 1.93. The average Bonchev–Trinajstić information content (AvgIpc) is 3.06. The average molecular weight is 346 g/mol. The number of hydrogen-bond donors (Lipinski definition) is 1. The summed E-state index contributed by atoms with van der Waals surface area (Å²) >= 11 is 1.21. The van der Waals surface area contributed by atoms with E-state index in [2.05, 4.69) is 5.32 Å². The molecule has 1 amide bonds. The van der Waals surface area contributed by atoms with Gasteiger partial charge in [-0.1, -0.05) is 6.07 Å². The van der Waals surface area contributed by atoms with Gasteiger partial charge < -0.3 is 10.1 Å². The molecule has 2 rings (SSSR count). The van der Waals surface area contributed by atoms with Gasteiger partial charge in [0.05, 0.1) is 5.92 Å². The zero-order valence-corrected chi connectivity index (χ0v) is 14.3. The summed E-state index contributed by atoms with van der Waals surface area (Å²) in [5, 5.41) is 4.60. The fourth-order valence-corrected chi connectivity index (χ4v) is 5.15. The first kappa shape index (κ1) is 17.4. The third-order valence-electron chi connectivity index (χ3n) is 3.67. The molecule has 1 aromatic rings. The molecule has 22 heavy (non-hydrogen) atoms. The molecule has 1 aliphatic rings. The SMILES string of the molecule is COCCCNC(=O)[C@H]1CCCN(S(=O)(=O)c2cccs2)C1. The number of methoxy groups -OCH3 is 1. The number of carbonyl (C=O) groups excluding carboxylic acids is 1. The zero-order chi connectivity index (χ0) is 16.0. The van der Waals surface area contributed by atoms with Crippen molar-refractivity contribution in [3.8, 4) is 0 Å². The van der Waals surface area contributed by atoms with Gasteiger partial charge in [-0.25, -0.2) is 8.42 Å². The van der Waals surface area contributed by atoms with Gasteiger partial charge in [0.25, 0.3) is 10.0 Å². The van der Waals surface area contributed by atoms with Crippen LogP contribution in [0.1, 0.15) is 19.3 Å². The number of amides is 1. The van der Waals surface area contributed by atoms with E-state index in [-0.39, 0.29) is 18.4 Å². The van der Waals surface area contributed by atoms with Gasteiger partial charge >= 0.3 is 0 Å². The van der Waals surface area contributed by atoms with E-state index in [9.17, 15) is 13.2 Å². The van der Waals surface area contributed by atoms with Crippen LogP contribution in [0.2, 0.25) is 0 Å². The topological polar surface area (TPSA) is 75.7 Å². The van der Waals surface area contributed by atoms with E-state index in [1.807, 2.05) is 0 Å². The normalized spacial score (nSPS) is 20.0. The molecule has 0 unspecified atom stereocenters. The lowest BCUT2D eigenvalue weighted by Gasteiger charge is -2.30. The summed E-state index contributed by atoms with van der Waals surface area (Å²) in [6.07, 6.45) is 2.19. The zero-order valence-electron chi connectivity index (χ0n) is 12.7. The van der Waals surface area contributed by atoms with E-state index < -0.39 is 10.0 Å². The van der Waals surface area contributed by atoms with Crippen molar-refractivity contribution in [2.75, 3.05) is 33.4 Å². The third kappa shape index (κ3) is 4.28. The Bertz CT molecular complexity index is 572. The predicted molar refractivity (Wildman–Crippen MR) is 85.3 cm³/mol. The number of piperidine rings is 1. The molecule has 0 saturated carbocycles. The number of rotatable bonds is 7. The van der Waals surface area contributed by atoms with Gasteiger partial charge in [-0.3, -0.25) is 4.79 Å². The molecule has 1 saturated heterocycles. The van der Waals surface area contributed by atoms with E-state index in [0.717, 1.165) is 12.8 Å². The predicted octanol–water partition coefficient (Wildman–Crippen LogP) is 1.30. The Kier molecular flexibility index (Phi) is 6.37. The first-order valence-electron chi connectivity index (χ1n) is 7.36. The summed E-state index contributed by atoms with van der Waals surface area (Å²) < 4.78 is 31.7. The van der Waals surface area contributed by atoms with E-state index in [4.69, 9.17) is 4.74 Å². The molecule has 1 aliphatic heterocycles. The molecule has 124 valence electrons. The van der Waals surface area contributed by atoms with Crippen LogP contribution in [0.25, 0.3) is 0 Å². The highest BCUT2D eigenvalue weighted by Crippen LogP contribution is 2.26. The van der Waals surface area contributed by atoms with Crippen LogP contribution in [0.4, 0.5) is 0 Å². The highest BCUT2D eigenvalue weighted by Gasteiger charge is 2.33. The lowest BCUT2D eigenvalue weighted by molar-refractivity contribution is -0.126. The largest absolute Gasteiger partial charge is 0.385 e. The number of nitrogens with zero attached hydrogens (tertiary/aromatic N) is 1. The fourth-order valence-electron chi connectivity index (χ4n) is 2.48. The van der Waals surface area contributed by atoms with Crippen molar-refractivity contribution < 1.29 is 17.9 Å². The van der Waals surface area contributed by atoms with Crippen molar-refractivity contribution in [2.45, 2.75) is 23.5 Å². The summed E-state index contributed by atoms with van der Waals surface area (Å²) in [5.41, 5.74) is 0. The van der Waals surface area contributed by atoms with Gasteiger partial charge in [0.1, 0.15) is 4.21 Å². The maximum atomic E-state index is 12.5. The van der Waals surface area contributed by atoms with Crippen LogP contribution in [0.3, 0.4) is 0 Å². The molecule has 1 N–H and O–H groups in total. The minimum Gasteiger partial charge on any atom is -0.385 e. The summed E-state index contributed by atoms with van der Waals surface area (Å²) in [7, 11) is -1.84. The Labute approximate surface area is 135 Å². The molecule has 0 aromatic carbocycles. The monoisotopic (exact) mass is 346 g/mol. The summed E-state index contributed by atoms with van der Waals surface area (Å²) in [4.78, 5) is 12.1. The van der Waals surface area contributed by atoms with Crippen molar-refractivity contribution in [1.29, 1.82) is 0 Å². The first-order chi connectivity index (χ1) is 10.6. The quantitative estimate of drug-likeness (QED) is 0.755. The van der Waals surface area contributed by atoms with Crippen molar-refractivity contribution in [3.63, 3.8) is 0 Å². The molecule has 2 heterocycles. The number of nitrogens with one attached hydrogen (secondary N) is 1. The van der Waals surface area contributed by atoms with E-state index >= 15 is 0 Å². The number of hydrogen-bond acceptors (Lipinski definition) is 5. The van der Waals surface area contributed by atoms with Gasteiger partial charge in [0.2, 0.25) is 5.91 Å². The highest BCUT2D eigenvalue weighted by molar-refractivity contribution is 7.91. The second kappa shape index (κ2) is 8.05. The van der Waals surface area contributed by atoms with Gasteiger partial charge in [0.15, 0.2) is 0 Å². The molecule has 0 spiro atoms. The number of carbonyl (C=O) groups is 1. The Morgan fingerprint density at radius 3 is 3.05 bits per heavy atom. The van der Waals surface area contributed by atoms with Crippen LogP contribution in [-0.4, -0.2) is 52.0 Å². The Morgan fingerprint density at radius 1 is 1.55 bits per heavy atom. The number of ether oxygens (including phenoxy) is 1. The van der Waals surface area contributed by atoms with E-state index in [1.165, 1.54) is 15.6 Å². The molecular formula is C14H22N2O4S2. The van der Waals surface area contributed by atoms with Crippen LogP contribution in [0, 0.1) is 5.92 Å². The van der Waals surface area contributed by atoms with Gasteiger partial charge in [-0.15, -0.1) is 11.3 Å². The lowest BCUT2D eigenvalue weighted by Crippen LogP contribution is -2.45. The second-order valence-corrected chi connectivity index (χ2v) is 8.38. The number of thiophene rings is 1. The maximum absolute atomic E-state index is 12.5. The third-order valence-corrected chi connectivity index (χ3v) is 6.91. The molecule has 8 heteroatoms. The molecule has 6 nitrogen and oxygen atoms in total. The van der Waals surface area contributed by atoms with Crippen LogP contribution in [-0.2, 0) is 19.6 Å². The summed E-state index contributed by atoms with van der Waals surface area (Å²) in [5.74, 6) is -0.340. The summed E-state index contributed by atoms with van der Waals surface area (Å²) in [6, 6.07) is 3.33. The molecular weight excluding hydrogens is 324 g/mol. The molecule has 0 radical (unpaired) electrons. The molecule has 0 bridgehead atoms. The minimum absolute atomic E-state index is 0.0674. The van der Waals surface area contributed by atoms with Crippen molar-refractivity contribution in [1.82, 2.24) is 9.62 Å². The highest BCUT2D eigenvalue weighted by atomic mass is 32.2. The molecule has 0 aliphatic carbocycles. The first-order valence-corrected chi connectivity index (χ1v) is 9.68. The van der Waals surface area contributed by atoms with Crippen molar-refractivity contribution in [2.24, 2.45) is 5.92 Å². The van der Waals surface area contributed by atoms with Crippen LogP contribution < -0.4 is 5.32 Å². The lowest BCUT2D eigenvalue weighted by atomic mass is 9.99. The second-order valence-electron chi connectivity index (χ2n) is 5.27. The fraction of sp³-hybridized carbons (Fsp3) is 0.643. The molecule has 1 atom stereocenters. The van der Waals surface area contributed by atoms with Gasteiger partial charge in [0, 0.05) is 33.4 Å². The van der Waals surface area contributed by atoms with Crippen molar-refractivity contribution >= 4 is 27.3 Å². The van der Waals surface area contributed by atoms with E-state index in [0.29, 0.717) is 30.3 Å². The maximum Gasteiger partial charge on any atom is 0.252 e. The van der Waals surface area contributed by atoms with Crippen LogP contribution >= 0.6 is 11.3 Å². The smallest absolute Gasteiger partial charge is 0.252 e. The minimum atomic E-state index is -3.46. The molecule has 1 fully saturated rings. The molecule has 1 aromatic heterocycles. The van der Waals surface area contributed by atoms with Gasteiger partial charge in [-0.05, 0) is 30.7 Å².